The minimum Gasteiger partial charge on any atom is -0.333 e. The van der Waals surface area contributed by atoms with Crippen LogP contribution in [0.5, 0.6) is 0 Å². The Hall–Kier alpha value is -1.63. The summed E-state index contributed by atoms with van der Waals surface area (Å²) in [5.41, 5.74) is -0.214. The molecule has 0 bridgehead atoms. The summed E-state index contributed by atoms with van der Waals surface area (Å²) >= 11 is 0. The molecular weight excluding hydrogens is 271 g/mol. The molecule has 0 aliphatic heterocycles. The summed E-state index contributed by atoms with van der Waals surface area (Å²) in [6.07, 6.45) is 0. The summed E-state index contributed by atoms with van der Waals surface area (Å²) in [6, 6.07) is 2.52. The van der Waals surface area contributed by atoms with Gasteiger partial charge in [-0.05, 0) is 45.4 Å². The number of aryl methyl sites for hydroxylation is 1. The van der Waals surface area contributed by atoms with E-state index in [1.165, 1.54) is 13.0 Å². The van der Waals surface area contributed by atoms with Crippen LogP contribution in [0.25, 0.3) is 0 Å². The molecule has 0 saturated heterocycles. The van der Waals surface area contributed by atoms with Crippen LogP contribution in [0.15, 0.2) is 23.1 Å². The van der Waals surface area contributed by atoms with Crippen molar-refractivity contribution in [3.8, 4) is 0 Å². The fourth-order valence-electron chi connectivity index (χ4n) is 1.41. The van der Waals surface area contributed by atoms with Gasteiger partial charge in [-0.2, -0.15) is 0 Å². The second kappa shape index (κ2) is 5.16. The van der Waals surface area contributed by atoms with Crippen molar-refractivity contribution >= 4 is 16.1 Å². The van der Waals surface area contributed by atoms with Crippen LogP contribution < -0.4 is 10.0 Å². The van der Waals surface area contributed by atoms with Gasteiger partial charge in [0, 0.05) is 5.54 Å². The number of rotatable bonds is 2. The zero-order valence-corrected chi connectivity index (χ0v) is 12.1. The molecule has 0 aliphatic rings. The van der Waals surface area contributed by atoms with Gasteiger partial charge in [0.1, 0.15) is 5.82 Å². The van der Waals surface area contributed by atoms with Crippen LogP contribution in [0.2, 0.25) is 0 Å². The molecule has 1 aromatic rings. The van der Waals surface area contributed by atoms with E-state index in [9.17, 15) is 17.6 Å². The van der Waals surface area contributed by atoms with Crippen LogP contribution in [0, 0.1) is 12.7 Å². The van der Waals surface area contributed by atoms with Gasteiger partial charge < -0.3 is 5.32 Å². The van der Waals surface area contributed by atoms with E-state index in [-0.39, 0.29) is 4.90 Å². The van der Waals surface area contributed by atoms with E-state index in [0.29, 0.717) is 5.56 Å². The van der Waals surface area contributed by atoms with Crippen LogP contribution in [-0.2, 0) is 10.0 Å². The van der Waals surface area contributed by atoms with Crippen LogP contribution in [0.3, 0.4) is 0 Å². The van der Waals surface area contributed by atoms with Crippen molar-refractivity contribution in [2.24, 2.45) is 0 Å². The second-order valence-electron chi connectivity index (χ2n) is 5.22. The Kier molecular flexibility index (Phi) is 4.19. The first-order valence-corrected chi connectivity index (χ1v) is 7.11. The summed E-state index contributed by atoms with van der Waals surface area (Å²) in [5, 5.41) is 2.46. The SMILES string of the molecule is Cc1ccc(F)cc1S(=O)(=O)NC(=O)NC(C)(C)C. The molecule has 0 radical (unpaired) electrons. The molecule has 2 amide bonds. The lowest BCUT2D eigenvalue weighted by Crippen LogP contribution is -2.48. The van der Waals surface area contributed by atoms with Gasteiger partial charge in [0.15, 0.2) is 0 Å². The van der Waals surface area contributed by atoms with E-state index in [2.05, 4.69) is 5.32 Å². The highest BCUT2D eigenvalue weighted by Crippen LogP contribution is 2.16. The topological polar surface area (TPSA) is 75.3 Å². The fraction of sp³-hybridized carbons (Fsp3) is 0.417. The second-order valence-corrected chi connectivity index (χ2v) is 6.87. The number of sulfonamides is 1. The lowest BCUT2D eigenvalue weighted by molar-refractivity contribution is 0.237. The predicted molar refractivity (Wildman–Crippen MR) is 69.7 cm³/mol. The molecule has 0 unspecified atom stereocenters. The van der Waals surface area contributed by atoms with Crippen LogP contribution >= 0.6 is 0 Å². The van der Waals surface area contributed by atoms with Gasteiger partial charge in [0.25, 0.3) is 10.0 Å². The fourth-order valence-corrected chi connectivity index (χ4v) is 2.57. The molecule has 0 heterocycles. The zero-order valence-electron chi connectivity index (χ0n) is 11.2. The van der Waals surface area contributed by atoms with E-state index >= 15 is 0 Å². The Labute approximate surface area is 112 Å². The maximum absolute atomic E-state index is 13.1. The van der Waals surface area contributed by atoms with E-state index in [1.807, 2.05) is 4.72 Å². The molecule has 0 aromatic heterocycles. The van der Waals surface area contributed by atoms with Gasteiger partial charge in [-0.1, -0.05) is 6.07 Å². The summed E-state index contributed by atoms with van der Waals surface area (Å²) in [5.74, 6) is -0.679. The first-order valence-electron chi connectivity index (χ1n) is 5.62. The van der Waals surface area contributed by atoms with Crippen LogP contribution in [0.1, 0.15) is 26.3 Å². The predicted octanol–water partition coefficient (Wildman–Crippen LogP) is 1.92. The molecule has 1 aromatic carbocycles. The first-order chi connectivity index (χ1) is 8.51. The van der Waals surface area contributed by atoms with Crippen molar-refractivity contribution in [3.05, 3.63) is 29.6 Å². The number of carbonyl (C=O) groups excluding carboxylic acids is 1. The third kappa shape index (κ3) is 4.51. The molecule has 7 heteroatoms. The van der Waals surface area contributed by atoms with Crippen LogP contribution in [0.4, 0.5) is 9.18 Å². The van der Waals surface area contributed by atoms with Crippen molar-refractivity contribution in [2.75, 3.05) is 0 Å². The van der Waals surface area contributed by atoms with E-state index in [4.69, 9.17) is 0 Å². The van der Waals surface area contributed by atoms with E-state index in [0.717, 1.165) is 12.1 Å². The molecule has 1 rings (SSSR count). The maximum atomic E-state index is 13.1. The molecular formula is C12H17FN2O3S. The van der Waals surface area contributed by atoms with Crippen molar-refractivity contribution in [3.63, 3.8) is 0 Å². The number of benzene rings is 1. The van der Waals surface area contributed by atoms with Gasteiger partial charge in [0.05, 0.1) is 4.90 Å². The number of halogens is 1. The number of hydrogen-bond donors (Lipinski definition) is 2. The van der Waals surface area contributed by atoms with Gasteiger partial charge in [-0.3, -0.25) is 0 Å². The Balaban J connectivity index is 2.99. The molecule has 5 nitrogen and oxygen atoms in total. The Bertz CT molecular complexity index is 591. The normalized spacial score (nSPS) is 12.1. The minimum atomic E-state index is -4.09. The molecule has 0 fully saturated rings. The summed E-state index contributed by atoms with van der Waals surface area (Å²) in [6.45, 7) is 6.67. The highest BCUT2D eigenvalue weighted by Gasteiger charge is 2.22. The molecule has 19 heavy (non-hydrogen) atoms. The average molecular weight is 288 g/mol. The highest BCUT2D eigenvalue weighted by molar-refractivity contribution is 7.90. The summed E-state index contributed by atoms with van der Waals surface area (Å²) in [7, 11) is -4.09. The van der Waals surface area contributed by atoms with E-state index in [1.54, 1.807) is 20.8 Å². The molecule has 0 atom stereocenters. The Morgan fingerprint density at radius 3 is 2.37 bits per heavy atom. The smallest absolute Gasteiger partial charge is 0.329 e. The van der Waals surface area contributed by atoms with Gasteiger partial charge in [-0.15, -0.1) is 0 Å². The average Bonchev–Trinajstić information content (AvgIpc) is 2.17. The minimum absolute atomic E-state index is 0.253. The number of hydrogen-bond acceptors (Lipinski definition) is 3. The lowest BCUT2D eigenvalue weighted by atomic mass is 10.1. The van der Waals surface area contributed by atoms with Crippen molar-refractivity contribution in [1.29, 1.82) is 0 Å². The zero-order chi connectivity index (χ0) is 14.8. The lowest BCUT2D eigenvalue weighted by Gasteiger charge is -2.20. The largest absolute Gasteiger partial charge is 0.333 e. The third-order valence-electron chi connectivity index (χ3n) is 2.16. The summed E-state index contributed by atoms with van der Waals surface area (Å²) < 4.78 is 38.9. The monoisotopic (exact) mass is 288 g/mol. The van der Waals surface area contributed by atoms with Gasteiger partial charge in [-0.25, -0.2) is 22.3 Å². The number of urea groups is 1. The number of carbonyl (C=O) groups is 1. The van der Waals surface area contributed by atoms with Crippen molar-refractivity contribution < 1.29 is 17.6 Å². The Morgan fingerprint density at radius 1 is 1.26 bits per heavy atom. The number of nitrogens with one attached hydrogen (secondary N) is 2. The molecule has 0 spiro atoms. The molecule has 0 saturated carbocycles. The number of amides is 2. The van der Waals surface area contributed by atoms with Gasteiger partial charge in [0.2, 0.25) is 0 Å². The van der Waals surface area contributed by atoms with Crippen molar-refractivity contribution in [2.45, 2.75) is 38.1 Å². The summed E-state index contributed by atoms with van der Waals surface area (Å²) in [4.78, 5) is 11.3. The van der Waals surface area contributed by atoms with Crippen LogP contribution in [-0.4, -0.2) is 20.0 Å². The molecule has 0 aliphatic carbocycles. The maximum Gasteiger partial charge on any atom is 0.329 e. The molecule has 2 N–H and O–H groups in total. The Morgan fingerprint density at radius 2 is 1.84 bits per heavy atom. The standard InChI is InChI=1S/C12H17FN2O3S/c1-8-5-6-9(13)7-10(8)19(17,18)15-11(16)14-12(2,3)4/h5-7H,1-4H3,(H2,14,15,16). The van der Waals surface area contributed by atoms with Crippen molar-refractivity contribution in [1.82, 2.24) is 10.0 Å². The van der Waals surface area contributed by atoms with Gasteiger partial charge >= 0.3 is 6.03 Å². The third-order valence-corrected chi connectivity index (χ3v) is 3.63. The first kappa shape index (κ1) is 15.4. The highest BCUT2D eigenvalue weighted by atomic mass is 32.2. The van der Waals surface area contributed by atoms with E-state index < -0.39 is 27.4 Å². The quantitative estimate of drug-likeness (QED) is 0.873. The molecule has 106 valence electrons.